The third-order valence-corrected chi connectivity index (χ3v) is 5.23. The molecule has 112 valence electrons. The van der Waals surface area contributed by atoms with Crippen LogP contribution in [0.15, 0.2) is 57.9 Å². The highest BCUT2D eigenvalue weighted by Gasteiger charge is 2.22. The van der Waals surface area contributed by atoms with Crippen LogP contribution in [0, 0.1) is 6.92 Å². The van der Waals surface area contributed by atoms with Gasteiger partial charge < -0.3 is 5.11 Å². The van der Waals surface area contributed by atoms with Crippen molar-refractivity contribution in [2.45, 2.75) is 17.9 Å². The molecule has 2 aromatic carbocycles. The molecule has 0 heterocycles. The van der Waals surface area contributed by atoms with Gasteiger partial charge >= 0.3 is 0 Å². The summed E-state index contributed by atoms with van der Waals surface area (Å²) in [7, 11) is -3.71. The van der Waals surface area contributed by atoms with Gasteiger partial charge in [0.1, 0.15) is 0 Å². The normalized spacial score (nSPS) is 13.1. The first kappa shape index (κ1) is 16.2. The van der Waals surface area contributed by atoms with Gasteiger partial charge in [-0.2, -0.15) is 0 Å². The van der Waals surface area contributed by atoms with E-state index in [9.17, 15) is 13.5 Å². The summed E-state index contributed by atoms with van der Waals surface area (Å²) in [4.78, 5) is 0.200. The number of sulfonamides is 1. The predicted molar refractivity (Wildman–Crippen MR) is 85.5 cm³/mol. The van der Waals surface area contributed by atoms with Crippen molar-refractivity contribution < 1.29 is 13.5 Å². The maximum absolute atomic E-state index is 12.5. The zero-order chi connectivity index (χ0) is 15.5. The van der Waals surface area contributed by atoms with Crippen LogP contribution in [0.1, 0.15) is 17.2 Å². The average Bonchev–Trinajstić information content (AvgIpc) is 2.48. The van der Waals surface area contributed by atoms with Gasteiger partial charge in [0.15, 0.2) is 0 Å². The second-order valence-electron chi connectivity index (χ2n) is 4.68. The second-order valence-corrected chi connectivity index (χ2v) is 7.28. The van der Waals surface area contributed by atoms with Gasteiger partial charge in [-0.1, -0.05) is 52.3 Å². The molecule has 0 unspecified atom stereocenters. The third-order valence-electron chi connectivity index (χ3n) is 3.12. The van der Waals surface area contributed by atoms with Crippen LogP contribution in [-0.2, 0) is 10.0 Å². The Labute approximate surface area is 133 Å². The van der Waals surface area contributed by atoms with E-state index in [1.54, 1.807) is 49.4 Å². The standard InChI is InChI=1S/C15H16BrNO3S/c1-11-7-8-13(16)9-15(11)21(19,20)17-14(10-18)12-5-3-2-4-6-12/h2-9,14,17-18H,10H2,1H3/t14-/m0/s1. The molecule has 4 nitrogen and oxygen atoms in total. The SMILES string of the molecule is Cc1ccc(Br)cc1S(=O)(=O)N[C@@H](CO)c1ccccc1. The molecule has 0 aliphatic heterocycles. The third kappa shape index (κ3) is 3.91. The van der Waals surface area contributed by atoms with Gasteiger partial charge in [-0.05, 0) is 30.2 Å². The van der Waals surface area contributed by atoms with Gasteiger partial charge in [-0.15, -0.1) is 0 Å². The van der Waals surface area contributed by atoms with Gasteiger partial charge in [0.25, 0.3) is 0 Å². The number of rotatable bonds is 5. The van der Waals surface area contributed by atoms with Crippen LogP contribution in [0.5, 0.6) is 0 Å². The molecule has 21 heavy (non-hydrogen) atoms. The van der Waals surface area contributed by atoms with Crippen molar-refractivity contribution in [1.82, 2.24) is 4.72 Å². The van der Waals surface area contributed by atoms with Crippen molar-refractivity contribution in [2.24, 2.45) is 0 Å². The van der Waals surface area contributed by atoms with Gasteiger partial charge in [0, 0.05) is 4.47 Å². The molecule has 0 aliphatic carbocycles. The molecule has 0 aliphatic rings. The molecule has 2 N–H and O–H groups in total. The Balaban J connectivity index is 2.34. The van der Waals surface area contributed by atoms with E-state index < -0.39 is 16.1 Å². The van der Waals surface area contributed by atoms with Crippen LogP contribution in [0.25, 0.3) is 0 Å². The molecular formula is C15H16BrNO3S. The second kappa shape index (κ2) is 6.70. The fraction of sp³-hybridized carbons (Fsp3) is 0.200. The zero-order valence-corrected chi connectivity index (χ0v) is 13.9. The lowest BCUT2D eigenvalue weighted by atomic mass is 10.1. The van der Waals surface area contributed by atoms with Crippen LogP contribution in [0.2, 0.25) is 0 Å². The van der Waals surface area contributed by atoms with Gasteiger partial charge in [-0.25, -0.2) is 13.1 Å². The number of aliphatic hydroxyl groups excluding tert-OH is 1. The van der Waals surface area contributed by atoms with Crippen LogP contribution >= 0.6 is 15.9 Å². The summed E-state index contributed by atoms with van der Waals surface area (Å²) < 4.78 is 28.2. The van der Waals surface area contributed by atoms with Crippen molar-refractivity contribution in [3.8, 4) is 0 Å². The summed E-state index contributed by atoms with van der Waals surface area (Å²) in [5.41, 5.74) is 1.37. The molecule has 0 saturated heterocycles. The number of aliphatic hydroxyl groups is 1. The summed E-state index contributed by atoms with van der Waals surface area (Å²) in [6.45, 7) is 1.42. The quantitative estimate of drug-likeness (QED) is 0.851. The summed E-state index contributed by atoms with van der Waals surface area (Å²) in [5.74, 6) is 0. The lowest BCUT2D eigenvalue weighted by Gasteiger charge is -2.18. The predicted octanol–water partition coefficient (Wildman–Crippen LogP) is 2.77. The first-order valence-corrected chi connectivity index (χ1v) is 8.66. The van der Waals surface area contributed by atoms with E-state index in [0.29, 0.717) is 10.0 Å². The van der Waals surface area contributed by atoms with E-state index >= 15 is 0 Å². The minimum absolute atomic E-state index is 0.200. The minimum atomic E-state index is -3.71. The Hall–Kier alpha value is -1.21. The highest BCUT2D eigenvalue weighted by Crippen LogP contribution is 2.23. The van der Waals surface area contributed by atoms with E-state index in [-0.39, 0.29) is 11.5 Å². The van der Waals surface area contributed by atoms with Crippen molar-refractivity contribution in [1.29, 1.82) is 0 Å². The minimum Gasteiger partial charge on any atom is -0.394 e. The van der Waals surface area contributed by atoms with Gasteiger partial charge in [0.2, 0.25) is 10.0 Å². The van der Waals surface area contributed by atoms with Crippen molar-refractivity contribution in [3.05, 3.63) is 64.1 Å². The van der Waals surface area contributed by atoms with E-state index in [4.69, 9.17) is 0 Å². The summed E-state index contributed by atoms with van der Waals surface area (Å²) in [6, 6.07) is 13.4. The summed E-state index contributed by atoms with van der Waals surface area (Å²) in [6.07, 6.45) is 0. The largest absolute Gasteiger partial charge is 0.394 e. The molecule has 0 bridgehead atoms. The maximum atomic E-state index is 12.5. The molecule has 2 rings (SSSR count). The molecule has 0 radical (unpaired) electrons. The van der Waals surface area contributed by atoms with Gasteiger partial charge in [-0.3, -0.25) is 0 Å². The Morgan fingerprint density at radius 2 is 1.86 bits per heavy atom. The highest BCUT2D eigenvalue weighted by molar-refractivity contribution is 9.10. The van der Waals surface area contributed by atoms with E-state index in [0.717, 1.165) is 5.56 Å². The molecule has 1 atom stereocenters. The van der Waals surface area contributed by atoms with Gasteiger partial charge in [0.05, 0.1) is 17.5 Å². The zero-order valence-electron chi connectivity index (χ0n) is 11.5. The molecule has 6 heteroatoms. The Morgan fingerprint density at radius 1 is 1.19 bits per heavy atom. The Bertz CT molecular complexity index is 717. The highest BCUT2D eigenvalue weighted by atomic mass is 79.9. The van der Waals surface area contributed by atoms with Crippen LogP contribution in [-0.4, -0.2) is 20.1 Å². The summed E-state index contributed by atoms with van der Waals surface area (Å²) in [5, 5.41) is 9.48. The lowest BCUT2D eigenvalue weighted by Crippen LogP contribution is -2.31. The van der Waals surface area contributed by atoms with E-state index in [1.165, 1.54) is 0 Å². The number of aryl methyl sites for hydroxylation is 1. The monoisotopic (exact) mass is 369 g/mol. The lowest BCUT2D eigenvalue weighted by molar-refractivity contribution is 0.259. The molecule has 0 saturated carbocycles. The first-order valence-electron chi connectivity index (χ1n) is 6.38. The fourth-order valence-electron chi connectivity index (χ4n) is 2.01. The Kier molecular flexibility index (Phi) is 5.16. The van der Waals surface area contributed by atoms with Crippen molar-refractivity contribution in [2.75, 3.05) is 6.61 Å². The number of hydrogen-bond donors (Lipinski definition) is 2. The van der Waals surface area contributed by atoms with Crippen molar-refractivity contribution in [3.63, 3.8) is 0 Å². The number of halogens is 1. The van der Waals surface area contributed by atoms with Crippen LogP contribution in [0.3, 0.4) is 0 Å². The van der Waals surface area contributed by atoms with E-state index in [2.05, 4.69) is 20.7 Å². The molecule has 2 aromatic rings. The molecule has 0 spiro atoms. The number of hydrogen-bond acceptors (Lipinski definition) is 3. The number of benzene rings is 2. The first-order chi connectivity index (χ1) is 9.94. The molecular weight excluding hydrogens is 354 g/mol. The average molecular weight is 370 g/mol. The number of nitrogens with one attached hydrogen (secondary N) is 1. The van der Waals surface area contributed by atoms with Crippen LogP contribution < -0.4 is 4.72 Å². The Morgan fingerprint density at radius 3 is 2.48 bits per heavy atom. The van der Waals surface area contributed by atoms with E-state index in [1.807, 2.05) is 6.07 Å². The molecule has 0 amide bonds. The topological polar surface area (TPSA) is 66.4 Å². The molecule has 0 aromatic heterocycles. The smallest absolute Gasteiger partial charge is 0.241 e. The maximum Gasteiger partial charge on any atom is 0.241 e. The van der Waals surface area contributed by atoms with Crippen molar-refractivity contribution >= 4 is 26.0 Å². The fourth-order valence-corrected chi connectivity index (χ4v) is 4.01. The summed E-state index contributed by atoms with van der Waals surface area (Å²) >= 11 is 3.28. The van der Waals surface area contributed by atoms with Crippen LogP contribution in [0.4, 0.5) is 0 Å². The molecule has 0 fully saturated rings.